The molecule has 0 aliphatic carbocycles. The standard InChI is InChI=1S/C21H25N3O6/c1-2-28-21(27)24-11-9-23(10-12-24)19(25)15-30-20(26)17-7-3-4-8-18(17)22-14-16-6-5-13-29-16/h3-8,13,22H,2,9-12,14-15H2,1H3. The maximum Gasteiger partial charge on any atom is 0.409 e. The summed E-state index contributed by atoms with van der Waals surface area (Å²) in [6, 6.07) is 10.5. The highest BCUT2D eigenvalue weighted by molar-refractivity contribution is 5.96. The van der Waals surface area contributed by atoms with Gasteiger partial charge in [-0.1, -0.05) is 12.1 Å². The molecule has 1 fully saturated rings. The van der Waals surface area contributed by atoms with Gasteiger partial charge < -0.3 is 29.0 Å². The van der Waals surface area contributed by atoms with Gasteiger partial charge in [0.2, 0.25) is 0 Å². The van der Waals surface area contributed by atoms with Crippen molar-refractivity contribution in [2.75, 3.05) is 44.7 Å². The molecule has 9 heteroatoms. The zero-order valence-electron chi connectivity index (χ0n) is 16.8. The lowest BCUT2D eigenvalue weighted by Gasteiger charge is -2.33. The number of rotatable bonds is 7. The molecule has 1 saturated heterocycles. The third kappa shape index (κ3) is 5.53. The predicted octanol–water partition coefficient (Wildman–Crippen LogP) is 2.35. The summed E-state index contributed by atoms with van der Waals surface area (Å²) >= 11 is 0. The lowest BCUT2D eigenvalue weighted by molar-refractivity contribution is -0.136. The van der Waals surface area contributed by atoms with Gasteiger partial charge >= 0.3 is 12.1 Å². The molecule has 9 nitrogen and oxygen atoms in total. The van der Waals surface area contributed by atoms with Crippen LogP contribution in [0.3, 0.4) is 0 Å². The smallest absolute Gasteiger partial charge is 0.409 e. The van der Waals surface area contributed by atoms with Crippen molar-refractivity contribution >= 4 is 23.7 Å². The van der Waals surface area contributed by atoms with E-state index in [1.165, 1.54) is 0 Å². The largest absolute Gasteiger partial charge is 0.467 e. The number of benzene rings is 1. The van der Waals surface area contributed by atoms with Crippen molar-refractivity contribution in [3.8, 4) is 0 Å². The number of esters is 1. The van der Waals surface area contributed by atoms with Crippen molar-refractivity contribution in [1.29, 1.82) is 0 Å². The van der Waals surface area contributed by atoms with Gasteiger partial charge in [0.25, 0.3) is 5.91 Å². The summed E-state index contributed by atoms with van der Waals surface area (Å²) in [5, 5.41) is 3.13. The van der Waals surface area contributed by atoms with E-state index in [0.717, 1.165) is 5.76 Å². The summed E-state index contributed by atoms with van der Waals surface area (Å²) in [5.74, 6) is -0.153. The highest BCUT2D eigenvalue weighted by Gasteiger charge is 2.25. The zero-order valence-corrected chi connectivity index (χ0v) is 16.8. The lowest BCUT2D eigenvalue weighted by atomic mass is 10.2. The van der Waals surface area contributed by atoms with Crippen LogP contribution in [0, 0.1) is 0 Å². The second-order valence-corrected chi connectivity index (χ2v) is 6.62. The minimum absolute atomic E-state index is 0.298. The number of nitrogens with one attached hydrogen (secondary N) is 1. The molecule has 0 bridgehead atoms. The lowest BCUT2D eigenvalue weighted by Crippen LogP contribution is -2.51. The summed E-state index contributed by atoms with van der Waals surface area (Å²) in [6.45, 7) is 3.64. The molecule has 1 N–H and O–H groups in total. The van der Waals surface area contributed by atoms with Crippen molar-refractivity contribution in [1.82, 2.24) is 9.80 Å². The molecule has 1 aromatic carbocycles. The molecule has 0 saturated carbocycles. The van der Waals surface area contributed by atoms with E-state index in [1.54, 1.807) is 53.3 Å². The second-order valence-electron chi connectivity index (χ2n) is 6.62. The fraction of sp³-hybridized carbons (Fsp3) is 0.381. The first-order valence-corrected chi connectivity index (χ1v) is 9.80. The van der Waals surface area contributed by atoms with Gasteiger partial charge in [0.05, 0.1) is 25.0 Å². The molecule has 160 valence electrons. The molecule has 0 atom stereocenters. The maximum absolute atomic E-state index is 12.5. The first-order valence-electron chi connectivity index (χ1n) is 9.80. The number of furan rings is 1. The molecule has 1 aromatic heterocycles. The molecule has 2 amide bonds. The molecule has 2 aromatic rings. The van der Waals surface area contributed by atoms with Gasteiger partial charge in [0.1, 0.15) is 5.76 Å². The van der Waals surface area contributed by atoms with Crippen LogP contribution in [0.25, 0.3) is 0 Å². The van der Waals surface area contributed by atoms with E-state index in [4.69, 9.17) is 13.9 Å². The van der Waals surface area contributed by atoms with Gasteiger partial charge in [-0.15, -0.1) is 0 Å². The third-order valence-electron chi connectivity index (χ3n) is 4.67. The van der Waals surface area contributed by atoms with Crippen LogP contribution in [0.2, 0.25) is 0 Å². The molecule has 0 spiro atoms. The Bertz CT molecular complexity index is 859. The zero-order chi connectivity index (χ0) is 21.3. The SMILES string of the molecule is CCOC(=O)N1CCN(C(=O)COC(=O)c2ccccc2NCc2ccco2)CC1. The third-order valence-corrected chi connectivity index (χ3v) is 4.67. The van der Waals surface area contributed by atoms with Crippen LogP contribution >= 0.6 is 0 Å². The van der Waals surface area contributed by atoms with Crippen molar-refractivity contribution in [3.05, 3.63) is 54.0 Å². The monoisotopic (exact) mass is 415 g/mol. The molecular formula is C21H25N3O6. The van der Waals surface area contributed by atoms with Crippen LogP contribution in [-0.4, -0.2) is 67.2 Å². The van der Waals surface area contributed by atoms with Crippen LogP contribution in [0.4, 0.5) is 10.5 Å². The number of piperazine rings is 1. The number of hydrogen-bond acceptors (Lipinski definition) is 7. The van der Waals surface area contributed by atoms with E-state index in [1.807, 2.05) is 6.07 Å². The van der Waals surface area contributed by atoms with Crippen LogP contribution < -0.4 is 5.32 Å². The highest BCUT2D eigenvalue weighted by atomic mass is 16.6. The molecule has 2 heterocycles. The minimum atomic E-state index is -0.587. The van der Waals surface area contributed by atoms with E-state index in [9.17, 15) is 14.4 Å². The Kier molecular flexibility index (Phi) is 7.31. The molecule has 3 rings (SSSR count). The number of carbonyl (C=O) groups is 3. The molecule has 1 aliphatic heterocycles. The maximum atomic E-state index is 12.5. The Labute approximate surface area is 174 Å². The quantitative estimate of drug-likeness (QED) is 0.693. The normalized spacial score (nSPS) is 13.6. The molecule has 1 aliphatic rings. The first-order chi connectivity index (χ1) is 14.6. The van der Waals surface area contributed by atoms with E-state index in [-0.39, 0.29) is 18.6 Å². The van der Waals surface area contributed by atoms with Crippen LogP contribution in [0.1, 0.15) is 23.0 Å². The molecular weight excluding hydrogens is 390 g/mol. The minimum Gasteiger partial charge on any atom is -0.467 e. The van der Waals surface area contributed by atoms with Crippen LogP contribution in [0.5, 0.6) is 0 Å². The summed E-state index contributed by atoms with van der Waals surface area (Å²) in [7, 11) is 0. The number of hydrogen-bond donors (Lipinski definition) is 1. The van der Waals surface area contributed by atoms with Crippen LogP contribution in [-0.2, 0) is 20.8 Å². The summed E-state index contributed by atoms with van der Waals surface area (Å²) in [6.07, 6.45) is 1.20. The highest BCUT2D eigenvalue weighted by Crippen LogP contribution is 2.17. The first kappa shape index (κ1) is 21.2. The Balaban J connectivity index is 1.49. The fourth-order valence-electron chi connectivity index (χ4n) is 3.06. The van der Waals surface area contributed by atoms with Gasteiger partial charge in [-0.3, -0.25) is 4.79 Å². The average Bonchev–Trinajstić information content (AvgIpc) is 3.30. The van der Waals surface area contributed by atoms with Crippen molar-refractivity contribution in [3.63, 3.8) is 0 Å². The number of amides is 2. The van der Waals surface area contributed by atoms with Crippen molar-refractivity contribution < 1.29 is 28.3 Å². The van der Waals surface area contributed by atoms with Gasteiger partial charge in [-0.2, -0.15) is 0 Å². The number of anilines is 1. The van der Waals surface area contributed by atoms with Crippen LogP contribution in [0.15, 0.2) is 47.1 Å². The Morgan fingerprint density at radius 2 is 1.73 bits per heavy atom. The van der Waals surface area contributed by atoms with E-state index in [0.29, 0.717) is 50.6 Å². The Hall–Kier alpha value is -3.49. The van der Waals surface area contributed by atoms with Gasteiger partial charge in [-0.05, 0) is 31.2 Å². The Morgan fingerprint density at radius 1 is 1.00 bits per heavy atom. The average molecular weight is 415 g/mol. The van der Waals surface area contributed by atoms with Crippen molar-refractivity contribution in [2.24, 2.45) is 0 Å². The predicted molar refractivity (Wildman–Crippen MR) is 108 cm³/mol. The Morgan fingerprint density at radius 3 is 2.43 bits per heavy atom. The van der Waals surface area contributed by atoms with E-state index >= 15 is 0 Å². The fourth-order valence-corrected chi connectivity index (χ4v) is 3.06. The van der Waals surface area contributed by atoms with Gasteiger partial charge in [0.15, 0.2) is 6.61 Å². The molecule has 30 heavy (non-hydrogen) atoms. The molecule has 0 radical (unpaired) electrons. The van der Waals surface area contributed by atoms with E-state index < -0.39 is 5.97 Å². The topological polar surface area (TPSA) is 101 Å². The summed E-state index contributed by atoms with van der Waals surface area (Å²) in [5.41, 5.74) is 0.929. The number of para-hydroxylation sites is 1. The summed E-state index contributed by atoms with van der Waals surface area (Å²) < 4.78 is 15.5. The summed E-state index contributed by atoms with van der Waals surface area (Å²) in [4.78, 5) is 39.7. The number of nitrogens with zero attached hydrogens (tertiary/aromatic N) is 2. The number of ether oxygens (including phenoxy) is 2. The van der Waals surface area contributed by atoms with Gasteiger partial charge in [0, 0.05) is 31.9 Å². The molecule has 0 unspecified atom stereocenters. The second kappa shape index (κ2) is 10.3. The van der Waals surface area contributed by atoms with E-state index in [2.05, 4.69) is 5.32 Å². The van der Waals surface area contributed by atoms with Gasteiger partial charge in [-0.25, -0.2) is 9.59 Å². The van der Waals surface area contributed by atoms with Crippen molar-refractivity contribution in [2.45, 2.75) is 13.5 Å². The number of carbonyl (C=O) groups excluding carboxylic acids is 3.